The summed E-state index contributed by atoms with van der Waals surface area (Å²) in [6.07, 6.45) is 3.61. The number of pyridine rings is 1. The second kappa shape index (κ2) is 8.72. The molecule has 0 aliphatic carbocycles. The minimum absolute atomic E-state index is 0.770. The summed E-state index contributed by atoms with van der Waals surface area (Å²) in [5, 5.41) is 8.72. The van der Waals surface area contributed by atoms with Crippen LogP contribution in [0.3, 0.4) is 0 Å². The van der Waals surface area contributed by atoms with E-state index in [1.54, 1.807) is 6.20 Å². The van der Waals surface area contributed by atoms with Crippen LogP contribution < -0.4 is 4.90 Å². The molecule has 0 saturated carbocycles. The van der Waals surface area contributed by atoms with Crippen molar-refractivity contribution in [3.05, 3.63) is 134 Å². The van der Waals surface area contributed by atoms with Gasteiger partial charge >= 0.3 is 0 Å². The number of benzene rings is 6. The molecule has 0 aliphatic rings. The van der Waals surface area contributed by atoms with E-state index in [1.807, 2.05) is 42.6 Å². The molecule has 0 bridgehead atoms. The van der Waals surface area contributed by atoms with Gasteiger partial charge in [-0.1, -0.05) is 60.7 Å². The van der Waals surface area contributed by atoms with Crippen LogP contribution in [-0.2, 0) is 0 Å². The molecule has 5 heteroatoms. The maximum absolute atomic E-state index is 6.43. The van der Waals surface area contributed by atoms with E-state index in [1.165, 1.54) is 0 Å². The van der Waals surface area contributed by atoms with E-state index in [4.69, 9.17) is 13.3 Å². The highest BCUT2D eigenvalue weighted by Crippen LogP contribution is 2.46. The van der Waals surface area contributed by atoms with Gasteiger partial charge in [-0.05, 0) is 53.9 Å². The van der Waals surface area contributed by atoms with E-state index in [9.17, 15) is 0 Å². The molecule has 0 N–H and O–H groups in total. The van der Waals surface area contributed by atoms with Gasteiger partial charge in [0, 0.05) is 67.4 Å². The fraction of sp³-hybridized carbons (Fsp3) is 0. The van der Waals surface area contributed by atoms with Crippen LogP contribution >= 0.6 is 0 Å². The Morgan fingerprint density at radius 1 is 0.409 bits per heavy atom. The van der Waals surface area contributed by atoms with Crippen LogP contribution in [0, 0.1) is 0 Å². The highest BCUT2D eigenvalue weighted by molar-refractivity contribution is 6.22. The molecule has 0 fully saturated rings. The molecule has 5 nitrogen and oxygen atoms in total. The molecule has 0 amide bonds. The van der Waals surface area contributed by atoms with Crippen LogP contribution in [0.4, 0.5) is 17.1 Å². The van der Waals surface area contributed by atoms with Crippen molar-refractivity contribution in [2.45, 2.75) is 0 Å². The van der Waals surface area contributed by atoms with Gasteiger partial charge in [-0.15, -0.1) is 0 Å². The molecule has 206 valence electrons. The van der Waals surface area contributed by atoms with Crippen LogP contribution in [-0.4, -0.2) is 4.98 Å². The van der Waals surface area contributed by atoms with Gasteiger partial charge in [0.2, 0.25) is 0 Å². The number of nitrogens with zero attached hydrogens (tertiary/aromatic N) is 2. The van der Waals surface area contributed by atoms with Gasteiger partial charge in [0.15, 0.2) is 5.58 Å². The summed E-state index contributed by atoms with van der Waals surface area (Å²) in [5.41, 5.74) is 8.00. The van der Waals surface area contributed by atoms with Crippen molar-refractivity contribution in [1.29, 1.82) is 0 Å². The predicted octanol–water partition coefficient (Wildman–Crippen LogP) is 11.4. The van der Waals surface area contributed by atoms with Crippen LogP contribution in [0.15, 0.2) is 147 Å². The lowest BCUT2D eigenvalue weighted by Gasteiger charge is -2.27. The van der Waals surface area contributed by atoms with Crippen molar-refractivity contribution in [2.75, 3.05) is 4.90 Å². The first-order valence-electron chi connectivity index (χ1n) is 14.6. The second-order valence-electron chi connectivity index (χ2n) is 11.2. The SMILES string of the molecule is c1ccc2c(c1)oc1cc(N(c3ccc4oc5ccccc5c4c3)c3cc4oc5cnccc5c4c4ccccc34)ccc12. The average Bonchev–Trinajstić information content (AvgIpc) is 3.75. The van der Waals surface area contributed by atoms with Gasteiger partial charge in [0.25, 0.3) is 0 Å². The molecule has 10 rings (SSSR count). The Morgan fingerprint density at radius 3 is 1.86 bits per heavy atom. The Labute approximate surface area is 250 Å². The first kappa shape index (κ1) is 23.5. The lowest BCUT2D eigenvalue weighted by molar-refractivity contribution is 0.667. The van der Waals surface area contributed by atoms with E-state index in [2.05, 4.69) is 94.8 Å². The Morgan fingerprint density at radius 2 is 1.02 bits per heavy atom. The van der Waals surface area contributed by atoms with Gasteiger partial charge in [-0.25, -0.2) is 0 Å². The number of hydrogen-bond donors (Lipinski definition) is 0. The Hall–Kier alpha value is -6.07. The minimum Gasteiger partial charge on any atom is -0.456 e. The van der Waals surface area contributed by atoms with Crippen LogP contribution in [0.25, 0.3) is 76.6 Å². The van der Waals surface area contributed by atoms with Gasteiger partial charge in [0.05, 0.1) is 11.9 Å². The minimum atomic E-state index is 0.770. The molecule has 0 atom stereocenters. The normalized spacial score (nSPS) is 12.1. The largest absolute Gasteiger partial charge is 0.456 e. The molecule has 44 heavy (non-hydrogen) atoms. The standard InChI is InChI=1S/C39H22N2O3/c1-2-10-29-25(7-1)32(21-37-39(29)30-17-18-40-22-38(30)44-37)41(23-14-16-35-31(19-23)27-9-4-6-12-34(27)42-35)24-13-15-28-26-8-3-5-11-33(26)43-36(28)20-24/h1-22H. The average molecular weight is 567 g/mol. The molecular formula is C39H22N2O3. The predicted molar refractivity (Wildman–Crippen MR) is 178 cm³/mol. The molecule has 0 unspecified atom stereocenters. The molecule has 0 saturated heterocycles. The monoisotopic (exact) mass is 566 g/mol. The molecule has 0 radical (unpaired) electrons. The van der Waals surface area contributed by atoms with Crippen molar-refractivity contribution in [3.8, 4) is 0 Å². The maximum Gasteiger partial charge on any atom is 0.153 e. The van der Waals surface area contributed by atoms with Gasteiger partial charge in [-0.2, -0.15) is 0 Å². The number of anilines is 3. The summed E-state index contributed by atoms with van der Waals surface area (Å²) in [6.45, 7) is 0. The van der Waals surface area contributed by atoms with Crippen LogP contribution in [0.2, 0.25) is 0 Å². The zero-order chi connectivity index (χ0) is 28.8. The third-order valence-corrected chi connectivity index (χ3v) is 8.74. The number of rotatable bonds is 3. The quantitative estimate of drug-likeness (QED) is 0.213. The van der Waals surface area contributed by atoms with Crippen molar-refractivity contribution in [2.24, 2.45) is 0 Å². The maximum atomic E-state index is 6.43. The smallest absolute Gasteiger partial charge is 0.153 e. The van der Waals surface area contributed by atoms with E-state index in [0.717, 1.165) is 93.7 Å². The highest BCUT2D eigenvalue weighted by atomic mass is 16.3. The van der Waals surface area contributed by atoms with Gasteiger partial charge in [-0.3, -0.25) is 4.98 Å². The Balaban J connectivity index is 1.30. The van der Waals surface area contributed by atoms with Crippen LogP contribution in [0.5, 0.6) is 0 Å². The first-order valence-corrected chi connectivity index (χ1v) is 14.6. The highest BCUT2D eigenvalue weighted by Gasteiger charge is 2.22. The fourth-order valence-corrected chi connectivity index (χ4v) is 6.79. The van der Waals surface area contributed by atoms with Crippen molar-refractivity contribution in [3.63, 3.8) is 0 Å². The number of hydrogen-bond acceptors (Lipinski definition) is 5. The Bertz CT molecular complexity index is 2750. The zero-order valence-corrected chi connectivity index (χ0v) is 23.3. The number of aromatic nitrogens is 1. The summed E-state index contributed by atoms with van der Waals surface area (Å²) < 4.78 is 19.0. The van der Waals surface area contributed by atoms with Crippen molar-refractivity contribution >= 4 is 93.7 Å². The Kier molecular flexibility index (Phi) is 4.66. The third-order valence-electron chi connectivity index (χ3n) is 8.74. The molecule has 4 heterocycles. The molecule has 10 aromatic rings. The van der Waals surface area contributed by atoms with E-state index >= 15 is 0 Å². The molecule has 4 aromatic heterocycles. The molecular weight excluding hydrogens is 544 g/mol. The molecule has 0 aliphatic heterocycles. The third kappa shape index (κ3) is 3.26. The topological polar surface area (TPSA) is 55.6 Å². The van der Waals surface area contributed by atoms with Crippen LogP contribution in [0.1, 0.15) is 0 Å². The summed E-state index contributed by atoms with van der Waals surface area (Å²) in [7, 11) is 0. The second-order valence-corrected chi connectivity index (χ2v) is 11.2. The number of furan rings is 3. The fourth-order valence-electron chi connectivity index (χ4n) is 6.79. The lowest BCUT2D eigenvalue weighted by Crippen LogP contribution is -2.10. The molecule has 6 aromatic carbocycles. The van der Waals surface area contributed by atoms with Gasteiger partial charge in [0.1, 0.15) is 27.9 Å². The first-order chi connectivity index (χ1) is 21.8. The van der Waals surface area contributed by atoms with Gasteiger partial charge < -0.3 is 18.2 Å². The van der Waals surface area contributed by atoms with Crippen molar-refractivity contribution in [1.82, 2.24) is 4.98 Å². The number of fused-ring (bicyclic) bond motifs is 11. The van der Waals surface area contributed by atoms with E-state index in [-0.39, 0.29) is 0 Å². The number of para-hydroxylation sites is 2. The van der Waals surface area contributed by atoms with E-state index < -0.39 is 0 Å². The van der Waals surface area contributed by atoms with Crippen molar-refractivity contribution < 1.29 is 13.3 Å². The summed E-state index contributed by atoms with van der Waals surface area (Å²) in [4.78, 5) is 6.61. The van der Waals surface area contributed by atoms with E-state index in [0.29, 0.717) is 0 Å². The lowest BCUT2D eigenvalue weighted by atomic mass is 10.0. The zero-order valence-electron chi connectivity index (χ0n) is 23.3. The summed E-state index contributed by atoms with van der Waals surface area (Å²) in [5.74, 6) is 0. The summed E-state index contributed by atoms with van der Waals surface area (Å²) in [6, 6.07) is 41.9. The summed E-state index contributed by atoms with van der Waals surface area (Å²) >= 11 is 0. The molecule has 0 spiro atoms.